The van der Waals surface area contributed by atoms with Crippen LogP contribution in [0.3, 0.4) is 0 Å². The van der Waals surface area contributed by atoms with Crippen LogP contribution in [0.4, 0.5) is 5.69 Å². The summed E-state index contributed by atoms with van der Waals surface area (Å²) in [6.07, 6.45) is 9.65. The number of benzene rings is 1. The van der Waals surface area contributed by atoms with Crippen LogP contribution in [-0.2, 0) is 6.54 Å². The maximum Gasteiger partial charge on any atom is 0.0388 e. The Morgan fingerprint density at radius 3 is 2.47 bits per heavy atom. The highest BCUT2D eigenvalue weighted by Gasteiger charge is 2.16. The van der Waals surface area contributed by atoms with Gasteiger partial charge in [-0.15, -0.1) is 0 Å². The molecule has 1 saturated carbocycles. The van der Waals surface area contributed by atoms with Crippen LogP contribution in [0.25, 0.3) is 0 Å². The SMILES string of the molecule is c1ccc(NC2CCCCC2)c(CN2CCCC2)c1. The van der Waals surface area contributed by atoms with Crippen LogP contribution in [0.5, 0.6) is 0 Å². The molecule has 0 amide bonds. The molecule has 104 valence electrons. The fourth-order valence-electron chi connectivity index (χ4n) is 3.45. The summed E-state index contributed by atoms with van der Waals surface area (Å²) in [7, 11) is 0. The van der Waals surface area contributed by atoms with Gasteiger partial charge in [0.25, 0.3) is 0 Å². The van der Waals surface area contributed by atoms with Crippen molar-refractivity contribution in [3.05, 3.63) is 29.8 Å². The highest BCUT2D eigenvalue weighted by molar-refractivity contribution is 5.51. The fraction of sp³-hybridized carbons (Fsp3) is 0.647. The van der Waals surface area contributed by atoms with Crippen LogP contribution < -0.4 is 5.32 Å². The number of anilines is 1. The number of hydrogen-bond acceptors (Lipinski definition) is 2. The van der Waals surface area contributed by atoms with Gasteiger partial charge in [-0.05, 0) is 50.4 Å². The molecule has 1 aliphatic heterocycles. The highest BCUT2D eigenvalue weighted by atomic mass is 15.1. The van der Waals surface area contributed by atoms with Gasteiger partial charge in [-0.3, -0.25) is 4.90 Å². The van der Waals surface area contributed by atoms with Crippen molar-refractivity contribution in [3.63, 3.8) is 0 Å². The van der Waals surface area contributed by atoms with E-state index in [1.54, 1.807) is 0 Å². The third-order valence-electron chi connectivity index (χ3n) is 4.57. The van der Waals surface area contributed by atoms with Crippen LogP contribution in [-0.4, -0.2) is 24.0 Å². The summed E-state index contributed by atoms with van der Waals surface area (Å²) in [5, 5.41) is 3.80. The molecule has 2 nitrogen and oxygen atoms in total. The van der Waals surface area contributed by atoms with E-state index in [9.17, 15) is 0 Å². The molecule has 1 aliphatic carbocycles. The Labute approximate surface area is 117 Å². The second-order valence-corrected chi connectivity index (χ2v) is 6.12. The summed E-state index contributed by atoms with van der Waals surface area (Å²) in [6, 6.07) is 9.60. The summed E-state index contributed by atoms with van der Waals surface area (Å²) in [4.78, 5) is 2.58. The summed E-state index contributed by atoms with van der Waals surface area (Å²) in [5.41, 5.74) is 2.86. The second-order valence-electron chi connectivity index (χ2n) is 6.12. The molecular weight excluding hydrogens is 232 g/mol. The zero-order valence-electron chi connectivity index (χ0n) is 11.9. The van der Waals surface area contributed by atoms with E-state index in [2.05, 4.69) is 34.5 Å². The first kappa shape index (κ1) is 13.0. The van der Waals surface area contributed by atoms with Gasteiger partial charge in [0, 0.05) is 18.3 Å². The van der Waals surface area contributed by atoms with Gasteiger partial charge in [0.05, 0.1) is 0 Å². The number of nitrogens with one attached hydrogen (secondary N) is 1. The van der Waals surface area contributed by atoms with Gasteiger partial charge in [0.1, 0.15) is 0 Å². The first-order chi connectivity index (χ1) is 9.42. The van der Waals surface area contributed by atoms with Gasteiger partial charge in [0.2, 0.25) is 0 Å². The van der Waals surface area contributed by atoms with E-state index < -0.39 is 0 Å². The van der Waals surface area contributed by atoms with Gasteiger partial charge in [0.15, 0.2) is 0 Å². The van der Waals surface area contributed by atoms with Crippen LogP contribution in [0.15, 0.2) is 24.3 Å². The molecule has 0 spiro atoms. The lowest BCUT2D eigenvalue weighted by molar-refractivity contribution is 0.331. The average molecular weight is 258 g/mol. The normalized spacial score (nSPS) is 21.7. The summed E-state index contributed by atoms with van der Waals surface area (Å²) >= 11 is 0. The Balaban J connectivity index is 1.65. The van der Waals surface area contributed by atoms with E-state index in [4.69, 9.17) is 0 Å². The number of likely N-dealkylation sites (tertiary alicyclic amines) is 1. The largest absolute Gasteiger partial charge is 0.382 e. The predicted molar refractivity (Wildman–Crippen MR) is 81.4 cm³/mol. The van der Waals surface area contributed by atoms with Crippen molar-refractivity contribution in [1.29, 1.82) is 0 Å². The molecular formula is C17H26N2. The van der Waals surface area contributed by atoms with Crippen LogP contribution in [0.1, 0.15) is 50.5 Å². The molecule has 2 fully saturated rings. The number of hydrogen-bond donors (Lipinski definition) is 1. The first-order valence-corrected chi connectivity index (χ1v) is 7.98. The van der Waals surface area contributed by atoms with Crippen molar-refractivity contribution in [2.75, 3.05) is 18.4 Å². The number of para-hydroxylation sites is 1. The van der Waals surface area contributed by atoms with Crippen LogP contribution in [0.2, 0.25) is 0 Å². The molecule has 0 unspecified atom stereocenters. The van der Waals surface area contributed by atoms with Gasteiger partial charge >= 0.3 is 0 Å². The van der Waals surface area contributed by atoms with Crippen molar-refractivity contribution < 1.29 is 0 Å². The molecule has 1 aromatic carbocycles. The van der Waals surface area contributed by atoms with Crippen molar-refractivity contribution in [2.45, 2.75) is 57.5 Å². The van der Waals surface area contributed by atoms with Crippen molar-refractivity contribution in [3.8, 4) is 0 Å². The molecule has 3 rings (SSSR count). The van der Waals surface area contributed by atoms with Crippen molar-refractivity contribution >= 4 is 5.69 Å². The standard InChI is InChI=1S/C17H26N2/c1-2-9-16(10-3-1)18-17-11-5-4-8-15(17)14-19-12-6-7-13-19/h4-5,8,11,16,18H,1-3,6-7,9-10,12-14H2. The second kappa shape index (κ2) is 6.42. The maximum atomic E-state index is 3.80. The Kier molecular flexibility index (Phi) is 4.39. The summed E-state index contributed by atoms with van der Waals surface area (Å²) in [5.74, 6) is 0. The van der Waals surface area contributed by atoms with E-state index >= 15 is 0 Å². The van der Waals surface area contributed by atoms with E-state index in [0.29, 0.717) is 6.04 Å². The van der Waals surface area contributed by atoms with Gasteiger partial charge in [-0.2, -0.15) is 0 Å². The third-order valence-corrected chi connectivity index (χ3v) is 4.57. The molecule has 0 aromatic heterocycles. The van der Waals surface area contributed by atoms with Crippen molar-refractivity contribution in [1.82, 2.24) is 4.90 Å². The van der Waals surface area contributed by atoms with Crippen LogP contribution >= 0.6 is 0 Å². The summed E-state index contributed by atoms with van der Waals surface area (Å²) < 4.78 is 0. The van der Waals surface area contributed by atoms with Gasteiger partial charge < -0.3 is 5.32 Å². The molecule has 1 heterocycles. The Bertz CT molecular complexity index is 390. The smallest absolute Gasteiger partial charge is 0.0388 e. The molecule has 0 atom stereocenters. The molecule has 1 N–H and O–H groups in total. The van der Waals surface area contributed by atoms with Crippen molar-refractivity contribution in [2.24, 2.45) is 0 Å². The molecule has 19 heavy (non-hydrogen) atoms. The lowest BCUT2D eigenvalue weighted by Gasteiger charge is -2.26. The molecule has 0 radical (unpaired) electrons. The minimum absolute atomic E-state index is 0.702. The fourth-order valence-corrected chi connectivity index (χ4v) is 3.45. The van der Waals surface area contributed by atoms with Gasteiger partial charge in [-0.1, -0.05) is 37.5 Å². The number of rotatable bonds is 4. The molecule has 2 aliphatic rings. The van der Waals surface area contributed by atoms with E-state index in [0.717, 1.165) is 6.54 Å². The summed E-state index contributed by atoms with van der Waals surface area (Å²) in [6.45, 7) is 3.67. The topological polar surface area (TPSA) is 15.3 Å². The lowest BCUT2D eigenvalue weighted by Crippen LogP contribution is -2.24. The zero-order valence-corrected chi connectivity index (χ0v) is 11.9. The Morgan fingerprint density at radius 2 is 1.68 bits per heavy atom. The number of nitrogens with zero attached hydrogens (tertiary/aromatic N) is 1. The van der Waals surface area contributed by atoms with E-state index in [-0.39, 0.29) is 0 Å². The highest BCUT2D eigenvalue weighted by Crippen LogP contribution is 2.25. The third kappa shape index (κ3) is 3.50. The zero-order chi connectivity index (χ0) is 12.9. The maximum absolute atomic E-state index is 3.80. The Hall–Kier alpha value is -1.02. The van der Waals surface area contributed by atoms with E-state index in [1.807, 2.05) is 0 Å². The molecule has 1 saturated heterocycles. The minimum atomic E-state index is 0.702. The monoisotopic (exact) mass is 258 g/mol. The quantitative estimate of drug-likeness (QED) is 0.877. The predicted octanol–water partition coefficient (Wildman–Crippen LogP) is 4.03. The average Bonchev–Trinajstić information content (AvgIpc) is 2.95. The van der Waals surface area contributed by atoms with Gasteiger partial charge in [-0.25, -0.2) is 0 Å². The van der Waals surface area contributed by atoms with E-state index in [1.165, 1.54) is 69.3 Å². The Morgan fingerprint density at radius 1 is 0.947 bits per heavy atom. The first-order valence-electron chi connectivity index (χ1n) is 7.98. The minimum Gasteiger partial charge on any atom is -0.382 e. The molecule has 1 aromatic rings. The van der Waals surface area contributed by atoms with Crippen LogP contribution in [0, 0.1) is 0 Å². The lowest BCUT2D eigenvalue weighted by atomic mass is 9.95. The molecule has 0 bridgehead atoms. The molecule has 2 heteroatoms.